The highest BCUT2D eigenvalue weighted by molar-refractivity contribution is 7.09. The second-order valence-corrected chi connectivity index (χ2v) is 7.05. The highest BCUT2D eigenvalue weighted by Crippen LogP contribution is 2.49. The van der Waals surface area contributed by atoms with Gasteiger partial charge in [-0.2, -0.15) is 0 Å². The van der Waals surface area contributed by atoms with Gasteiger partial charge in [0.25, 0.3) is 0 Å². The van der Waals surface area contributed by atoms with Crippen molar-refractivity contribution in [3.8, 4) is 0 Å². The normalized spacial score (nSPS) is 24.8. The van der Waals surface area contributed by atoms with Crippen molar-refractivity contribution in [2.24, 2.45) is 11.1 Å². The van der Waals surface area contributed by atoms with Crippen molar-refractivity contribution in [3.63, 3.8) is 0 Å². The van der Waals surface area contributed by atoms with Gasteiger partial charge in [0.15, 0.2) is 0 Å². The summed E-state index contributed by atoms with van der Waals surface area (Å²) in [5.74, 6) is -0.116. The lowest BCUT2D eigenvalue weighted by Crippen LogP contribution is -2.75. The topological polar surface area (TPSA) is 77.2 Å². The van der Waals surface area contributed by atoms with Gasteiger partial charge < -0.3 is 15.8 Å². The maximum Gasteiger partial charge on any atom is 0.241 e. The van der Waals surface area contributed by atoms with Gasteiger partial charge in [0.1, 0.15) is 5.54 Å². The first-order chi connectivity index (χ1) is 9.85. The van der Waals surface area contributed by atoms with Crippen LogP contribution in [0.15, 0.2) is 5.38 Å². The van der Waals surface area contributed by atoms with Crippen LogP contribution in [0.1, 0.15) is 44.8 Å². The number of amides is 1. The molecule has 0 bridgehead atoms. The van der Waals surface area contributed by atoms with Gasteiger partial charge >= 0.3 is 0 Å². The first-order valence-electron chi connectivity index (χ1n) is 7.47. The molecule has 1 aliphatic carbocycles. The number of rotatable bonds is 6. The van der Waals surface area contributed by atoms with Crippen LogP contribution in [0.4, 0.5) is 0 Å². The van der Waals surface area contributed by atoms with Crippen molar-refractivity contribution >= 4 is 42.1 Å². The SMILES string of the molecule is CCOC1CC(N)(C(=O)NCc2csc(CC)n2)C1(C)C.Cl.Cl. The number of aromatic nitrogens is 1. The van der Waals surface area contributed by atoms with Crippen molar-refractivity contribution in [1.82, 2.24) is 10.3 Å². The van der Waals surface area contributed by atoms with E-state index in [4.69, 9.17) is 10.5 Å². The number of ether oxygens (including phenoxy) is 1. The van der Waals surface area contributed by atoms with Gasteiger partial charge in [-0.05, 0) is 13.3 Å². The predicted octanol–water partition coefficient (Wildman–Crippen LogP) is 2.70. The molecule has 8 heteroatoms. The number of carbonyl (C=O) groups is 1. The molecule has 1 fully saturated rings. The summed E-state index contributed by atoms with van der Waals surface area (Å²) >= 11 is 1.62. The van der Waals surface area contributed by atoms with E-state index in [2.05, 4.69) is 17.2 Å². The van der Waals surface area contributed by atoms with Gasteiger partial charge in [-0.1, -0.05) is 20.8 Å². The van der Waals surface area contributed by atoms with Gasteiger partial charge in [0.2, 0.25) is 5.91 Å². The van der Waals surface area contributed by atoms with Gasteiger partial charge in [-0.15, -0.1) is 36.2 Å². The third-order valence-corrected chi connectivity index (χ3v) is 5.61. The Morgan fingerprint density at radius 3 is 2.61 bits per heavy atom. The zero-order chi connectivity index (χ0) is 15.7. The average molecular weight is 384 g/mol. The summed E-state index contributed by atoms with van der Waals surface area (Å²) in [4.78, 5) is 16.9. The van der Waals surface area contributed by atoms with Crippen LogP contribution in [0.5, 0.6) is 0 Å². The third-order valence-electron chi connectivity index (χ3n) is 4.57. The fourth-order valence-corrected chi connectivity index (χ4v) is 3.49. The minimum absolute atomic E-state index is 0. The average Bonchev–Trinajstić information content (AvgIpc) is 2.92. The molecule has 1 amide bonds. The van der Waals surface area contributed by atoms with Crippen LogP contribution in [0.2, 0.25) is 0 Å². The molecule has 1 aromatic heterocycles. The Hall–Kier alpha value is -0.400. The predicted molar refractivity (Wildman–Crippen MR) is 98.6 cm³/mol. The smallest absolute Gasteiger partial charge is 0.241 e. The van der Waals surface area contributed by atoms with Crippen molar-refractivity contribution < 1.29 is 9.53 Å². The molecule has 3 N–H and O–H groups in total. The number of hydrogen-bond donors (Lipinski definition) is 2. The highest BCUT2D eigenvalue weighted by atomic mass is 35.5. The Bertz CT molecular complexity index is 525. The highest BCUT2D eigenvalue weighted by Gasteiger charge is 2.62. The maximum atomic E-state index is 12.4. The van der Waals surface area contributed by atoms with Crippen LogP contribution in [-0.4, -0.2) is 29.1 Å². The van der Waals surface area contributed by atoms with Crippen LogP contribution >= 0.6 is 36.2 Å². The molecule has 2 rings (SSSR count). The van der Waals surface area contributed by atoms with Crippen LogP contribution in [-0.2, 0) is 22.5 Å². The van der Waals surface area contributed by atoms with Crippen LogP contribution < -0.4 is 11.1 Å². The molecular weight excluding hydrogens is 357 g/mol. The van der Waals surface area contributed by atoms with Crippen molar-refractivity contribution in [3.05, 3.63) is 16.1 Å². The lowest BCUT2D eigenvalue weighted by Gasteiger charge is -2.57. The summed E-state index contributed by atoms with van der Waals surface area (Å²) in [5.41, 5.74) is 6.00. The lowest BCUT2D eigenvalue weighted by molar-refractivity contribution is -0.170. The van der Waals surface area contributed by atoms with E-state index in [1.54, 1.807) is 11.3 Å². The molecule has 5 nitrogen and oxygen atoms in total. The van der Waals surface area contributed by atoms with Gasteiger partial charge in [-0.25, -0.2) is 4.98 Å². The third kappa shape index (κ3) is 4.17. The second kappa shape index (κ2) is 8.62. The number of hydrogen-bond acceptors (Lipinski definition) is 5. The van der Waals surface area contributed by atoms with Crippen LogP contribution in [0.25, 0.3) is 0 Å². The van der Waals surface area contributed by atoms with E-state index in [0.29, 0.717) is 19.6 Å². The molecule has 1 heterocycles. The Balaban J connectivity index is 0.00000242. The first kappa shape index (κ1) is 22.6. The van der Waals surface area contributed by atoms with Crippen LogP contribution in [0.3, 0.4) is 0 Å². The number of nitrogens with two attached hydrogens (primary N) is 1. The number of halogens is 2. The molecule has 0 saturated heterocycles. The van der Waals surface area contributed by atoms with E-state index in [0.717, 1.165) is 17.1 Å². The van der Waals surface area contributed by atoms with E-state index in [1.807, 2.05) is 26.2 Å². The minimum atomic E-state index is -0.865. The molecule has 134 valence electrons. The largest absolute Gasteiger partial charge is 0.378 e. The molecule has 0 radical (unpaired) electrons. The molecule has 0 aromatic carbocycles. The summed E-state index contributed by atoms with van der Waals surface area (Å²) in [5, 5.41) is 5.99. The molecule has 2 atom stereocenters. The Kier molecular flexibility index (Phi) is 8.47. The fraction of sp³-hybridized carbons (Fsp3) is 0.733. The molecule has 1 aliphatic rings. The maximum absolute atomic E-state index is 12.4. The Morgan fingerprint density at radius 1 is 1.48 bits per heavy atom. The minimum Gasteiger partial charge on any atom is -0.378 e. The van der Waals surface area contributed by atoms with Gasteiger partial charge in [0, 0.05) is 23.8 Å². The van der Waals surface area contributed by atoms with Gasteiger partial charge in [-0.3, -0.25) is 4.79 Å². The van der Waals surface area contributed by atoms with Crippen molar-refractivity contribution in [2.45, 2.75) is 58.7 Å². The summed E-state index contributed by atoms with van der Waals surface area (Å²) in [7, 11) is 0. The molecule has 1 aromatic rings. The van der Waals surface area contributed by atoms with E-state index >= 15 is 0 Å². The standard InChI is InChI=1S/C15H25N3O2S.2ClH/c1-5-12-18-10(9-21-12)8-17-13(19)15(16)7-11(20-6-2)14(15,3)4;;/h9,11H,5-8,16H2,1-4H3,(H,17,19);2*1H. The zero-order valence-electron chi connectivity index (χ0n) is 14.0. The number of nitrogens with one attached hydrogen (secondary N) is 1. The number of nitrogens with zero attached hydrogens (tertiary/aromatic N) is 1. The van der Waals surface area contributed by atoms with Crippen molar-refractivity contribution in [2.75, 3.05) is 6.61 Å². The van der Waals surface area contributed by atoms with Gasteiger partial charge in [0.05, 0.1) is 23.4 Å². The second-order valence-electron chi connectivity index (χ2n) is 6.11. The molecule has 1 saturated carbocycles. The van der Waals surface area contributed by atoms with Crippen LogP contribution in [0, 0.1) is 5.41 Å². The number of aryl methyl sites for hydroxylation is 1. The Labute approximate surface area is 154 Å². The summed E-state index contributed by atoms with van der Waals surface area (Å²) in [6.07, 6.45) is 1.53. The number of thiazole rings is 1. The fourth-order valence-electron chi connectivity index (χ4n) is 2.74. The Morgan fingerprint density at radius 2 is 2.13 bits per heavy atom. The van der Waals surface area contributed by atoms with E-state index in [-0.39, 0.29) is 42.2 Å². The zero-order valence-corrected chi connectivity index (χ0v) is 16.5. The summed E-state index contributed by atoms with van der Waals surface area (Å²) < 4.78 is 5.65. The number of carbonyl (C=O) groups excluding carboxylic acids is 1. The quantitative estimate of drug-likeness (QED) is 0.791. The van der Waals surface area contributed by atoms with Crippen molar-refractivity contribution in [1.29, 1.82) is 0 Å². The summed E-state index contributed by atoms with van der Waals surface area (Å²) in [6, 6.07) is 0. The molecule has 23 heavy (non-hydrogen) atoms. The summed E-state index contributed by atoms with van der Waals surface area (Å²) in [6.45, 7) is 9.10. The molecule has 2 unspecified atom stereocenters. The van der Waals surface area contributed by atoms with E-state index < -0.39 is 5.54 Å². The monoisotopic (exact) mass is 383 g/mol. The molecule has 0 aliphatic heterocycles. The van der Waals surface area contributed by atoms with E-state index in [1.165, 1.54) is 0 Å². The van der Waals surface area contributed by atoms with E-state index in [9.17, 15) is 4.79 Å². The molecule has 0 spiro atoms. The lowest BCUT2D eigenvalue weighted by atomic mass is 9.54. The molecular formula is C15H27Cl2N3O2S. The first-order valence-corrected chi connectivity index (χ1v) is 8.35.